The molecule has 6 N–H and O–H groups in total. The molecule has 0 aromatic heterocycles. The van der Waals surface area contributed by atoms with Gasteiger partial charge in [0.15, 0.2) is 0 Å². The molecule has 0 saturated carbocycles. The van der Waals surface area contributed by atoms with Crippen LogP contribution >= 0.6 is 0 Å². The minimum Gasteiger partial charge on any atom is -0.378 e. The Bertz CT molecular complexity index is 187. The predicted octanol–water partition coefficient (Wildman–Crippen LogP) is 0.668. The monoisotopic (exact) mass is 154 g/mol. The molecule has 1 unspecified atom stereocenters. The molecular weight excluding hydrogens is 140 g/mol. The van der Waals surface area contributed by atoms with Crippen LogP contribution in [-0.2, 0) is 6.42 Å². The van der Waals surface area contributed by atoms with Crippen LogP contribution < -0.4 is 11.9 Å². The van der Waals surface area contributed by atoms with Gasteiger partial charge in [-0.25, -0.2) is 0 Å². The molecule has 1 atom stereocenters. The van der Waals surface area contributed by atoms with Crippen molar-refractivity contribution in [3.63, 3.8) is 0 Å². The van der Waals surface area contributed by atoms with E-state index in [0.717, 1.165) is 5.56 Å². The van der Waals surface area contributed by atoms with Gasteiger partial charge in [-0.3, -0.25) is 0 Å². The number of aliphatic hydroxyl groups excluding tert-OH is 1. The first-order valence-corrected chi connectivity index (χ1v) is 3.26. The van der Waals surface area contributed by atoms with E-state index in [1.807, 2.05) is 30.3 Å². The second kappa shape index (κ2) is 4.85. The van der Waals surface area contributed by atoms with Crippen LogP contribution in [0, 0.1) is 0 Å². The molecule has 3 nitrogen and oxygen atoms in total. The average molecular weight is 154 g/mol. The molecule has 0 bridgehead atoms. The van der Waals surface area contributed by atoms with Crippen molar-refractivity contribution in [2.75, 3.05) is 0 Å². The van der Waals surface area contributed by atoms with Crippen LogP contribution in [-0.4, -0.2) is 11.3 Å². The predicted molar refractivity (Wildman–Crippen MR) is 45.4 cm³/mol. The van der Waals surface area contributed by atoms with Crippen molar-refractivity contribution >= 4 is 0 Å². The van der Waals surface area contributed by atoms with Crippen LogP contribution in [0.3, 0.4) is 0 Å². The molecule has 0 amide bonds. The van der Waals surface area contributed by atoms with Gasteiger partial charge in [-0.05, 0) is 5.56 Å². The van der Waals surface area contributed by atoms with Crippen LogP contribution in [0.4, 0.5) is 0 Å². The van der Waals surface area contributed by atoms with E-state index in [1.165, 1.54) is 0 Å². The van der Waals surface area contributed by atoms with Gasteiger partial charge >= 0.3 is 0 Å². The average Bonchev–Trinajstić information content (AvgIpc) is 1.88. The summed E-state index contributed by atoms with van der Waals surface area (Å²) in [4.78, 5) is 0. The van der Waals surface area contributed by atoms with E-state index in [2.05, 4.69) is 0 Å². The van der Waals surface area contributed by atoms with Crippen LogP contribution in [0.15, 0.2) is 30.3 Å². The second-order valence-electron chi connectivity index (χ2n) is 2.26. The fourth-order valence-corrected chi connectivity index (χ4v) is 0.856. The Labute approximate surface area is 66.4 Å². The maximum absolute atomic E-state index is 8.78. The van der Waals surface area contributed by atoms with E-state index >= 15 is 0 Å². The number of hydrogen-bond acceptors (Lipinski definition) is 3. The van der Waals surface area contributed by atoms with Gasteiger partial charge in [0.1, 0.15) is 6.23 Å². The van der Waals surface area contributed by atoms with Crippen LogP contribution in [0.2, 0.25) is 0 Å². The maximum Gasteiger partial charge on any atom is 0.106 e. The highest BCUT2D eigenvalue weighted by Gasteiger charge is 1.95. The van der Waals surface area contributed by atoms with Crippen molar-refractivity contribution in [1.29, 1.82) is 0 Å². The van der Waals surface area contributed by atoms with Crippen molar-refractivity contribution in [2.45, 2.75) is 12.6 Å². The smallest absolute Gasteiger partial charge is 0.106 e. The minimum atomic E-state index is -0.734. The summed E-state index contributed by atoms with van der Waals surface area (Å²) in [5.74, 6) is 0. The summed E-state index contributed by atoms with van der Waals surface area (Å²) in [5.41, 5.74) is 6.25. The van der Waals surface area contributed by atoms with Gasteiger partial charge in [0, 0.05) is 6.42 Å². The van der Waals surface area contributed by atoms with E-state index in [9.17, 15) is 0 Å². The zero-order chi connectivity index (χ0) is 7.40. The number of nitrogens with two attached hydrogens (primary N) is 1. The molecule has 1 aromatic rings. The standard InChI is InChI=1S/C8H11NO.H3N/c9-8(10)6-7-4-2-1-3-5-7;/h1-5,8,10H,6,9H2;1H3. The van der Waals surface area contributed by atoms with Crippen LogP contribution in [0.25, 0.3) is 0 Å². The molecule has 0 aliphatic rings. The largest absolute Gasteiger partial charge is 0.378 e. The fraction of sp³-hybridized carbons (Fsp3) is 0.250. The van der Waals surface area contributed by atoms with Crippen molar-refractivity contribution in [3.8, 4) is 0 Å². The van der Waals surface area contributed by atoms with Crippen molar-refractivity contribution in [1.82, 2.24) is 6.15 Å². The van der Waals surface area contributed by atoms with E-state index < -0.39 is 6.23 Å². The molecule has 0 fully saturated rings. The summed E-state index contributed by atoms with van der Waals surface area (Å²) in [5, 5.41) is 8.78. The summed E-state index contributed by atoms with van der Waals surface area (Å²) in [6, 6.07) is 9.67. The molecule has 1 aromatic carbocycles. The molecule has 0 saturated heterocycles. The molecule has 0 aliphatic heterocycles. The first-order valence-electron chi connectivity index (χ1n) is 3.26. The number of benzene rings is 1. The Morgan fingerprint density at radius 2 is 1.82 bits per heavy atom. The SMILES string of the molecule is N.NC(O)Cc1ccccc1. The van der Waals surface area contributed by atoms with Crippen molar-refractivity contribution in [2.24, 2.45) is 5.73 Å². The molecule has 3 heteroatoms. The Balaban J connectivity index is 0.000001000. The first kappa shape index (κ1) is 10.1. The second-order valence-corrected chi connectivity index (χ2v) is 2.26. The van der Waals surface area contributed by atoms with Gasteiger partial charge in [0.2, 0.25) is 0 Å². The van der Waals surface area contributed by atoms with Crippen LogP contribution in [0.1, 0.15) is 5.56 Å². The van der Waals surface area contributed by atoms with Gasteiger partial charge < -0.3 is 17.0 Å². The molecule has 0 aliphatic carbocycles. The molecule has 0 spiro atoms. The molecule has 11 heavy (non-hydrogen) atoms. The normalized spacial score (nSPS) is 11.8. The summed E-state index contributed by atoms with van der Waals surface area (Å²) >= 11 is 0. The summed E-state index contributed by atoms with van der Waals surface area (Å²) in [6.07, 6.45) is -0.205. The van der Waals surface area contributed by atoms with E-state index in [-0.39, 0.29) is 6.15 Å². The molecule has 1 rings (SSSR count). The summed E-state index contributed by atoms with van der Waals surface area (Å²) in [6.45, 7) is 0. The lowest BCUT2D eigenvalue weighted by molar-refractivity contribution is 0.183. The summed E-state index contributed by atoms with van der Waals surface area (Å²) < 4.78 is 0. The van der Waals surface area contributed by atoms with Crippen LogP contribution in [0.5, 0.6) is 0 Å². The highest BCUT2D eigenvalue weighted by molar-refractivity contribution is 5.14. The highest BCUT2D eigenvalue weighted by atomic mass is 16.3. The molecule has 0 radical (unpaired) electrons. The molecule has 0 heterocycles. The van der Waals surface area contributed by atoms with Gasteiger partial charge in [-0.2, -0.15) is 0 Å². The van der Waals surface area contributed by atoms with Crippen molar-refractivity contribution in [3.05, 3.63) is 35.9 Å². The Kier molecular flexibility index (Phi) is 4.45. The maximum atomic E-state index is 8.78. The fourth-order valence-electron chi connectivity index (χ4n) is 0.856. The van der Waals surface area contributed by atoms with Gasteiger partial charge in [-0.1, -0.05) is 30.3 Å². The Morgan fingerprint density at radius 1 is 1.27 bits per heavy atom. The lowest BCUT2D eigenvalue weighted by atomic mass is 10.1. The molecular formula is C8H14N2O. The third-order valence-electron chi connectivity index (χ3n) is 1.29. The van der Waals surface area contributed by atoms with E-state index in [0.29, 0.717) is 6.42 Å². The minimum absolute atomic E-state index is 0. The number of aliphatic hydroxyl groups is 1. The summed E-state index contributed by atoms with van der Waals surface area (Å²) in [7, 11) is 0. The zero-order valence-electron chi connectivity index (χ0n) is 6.40. The first-order chi connectivity index (χ1) is 4.79. The Morgan fingerprint density at radius 3 is 2.27 bits per heavy atom. The number of hydrogen-bond donors (Lipinski definition) is 3. The van der Waals surface area contributed by atoms with Gasteiger partial charge in [0.25, 0.3) is 0 Å². The highest BCUT2D eigenvalue weighted by Crippen LogP contribution is 1.99. The third kappa shape index (κ3) is 3.72. The lowest BCUT2D eigenvalue weighted by Gasteiger charge is -2.02. The van der Waals surface area contributed by atoms with Gasteiger partial charge in [-0.15, -0.1) is 0 Å². The Hall–Kier alpha value is -0.900. The van der Waals surface area contributed by atoms with E-state index in [1.54, 1.807) is 0 Å². The number of rotatable bonds is 2. The van der Waals surface area contributed by atoms with E-state index in [4.69, 9.17) is 10.8 Å². The van der Waals surface area contributed by atoms with Gasteiger partial charge in [0.05, 0.1) is 0 Å². The zero-order valence-corrected chi connectivity index (χ0v) is 6.40. The third-order valence-corrected chi connectivity index (χ3v) is 1.29. The lowest BCUT2D eigenvalue weighted by Crippen LogP contribution is -2.21. The van der Waals surface area contributed by atoms with Crippen molar-refractivity contribution < 1.29 is 5.11 Å². The quantitative estimate of drug-likeness (QED) is 0.547. The topological polar surface area (TPSA) is 81.2 Å². The molecule has 62 valence electrons.